The van der Waals surface area contributed by atoms with Gasteiger partial charge in [-0.3, -0.25) is 9.59 Å². The van der Waals surface area contributed by atoms with E-state index >= 15 is 0 Å². The van der Waals surface area contributed by atoms with Gasteiger partial charge in [0.15, 0.2) is 5.11 Å². The summed E-state index contributed by atoms with van der Waals surface area (Å²) in [5.74, 6) is -2.05. The maximum Gasteiger partial charge on any atom is 0.321 e. The smallest absolute Gasteiger partial charge is 0.321 e. The van der Waals surface area contributed by atoms with E-state index in [1.165, 1.54) is 24.3 Å². The van der Waals surface area contributed by atoms with Gasteiger partial charge < -0.3 is 26.4 Å². The van der Waals surface area contributed by atoms with Gasteiger partial charge in [-0.1, -0.05) is 18.2 Å². The molecular formula is C19H21FN4O3S. The van der Waals surface area contributed by atoms with Crippen LogP contribution in [-0.4, -0.2) is 41.2 Å². The Hall–Kier alpha value is -3.04. The number of benzene rings is 2. The van der Waals surface area contributed by atoms with Crippen molar-refractivity contribution in [2.75, 3.05) is 23.7 Å². The molecule has 2 aromatic rings. The number of amides is 1. The van der Waals surface area contributed by atoms with Crippen LogP contribution in [0.1, 0.15) is 6.42 Å². The standard InChI is InChI=1S/C19H21FN4O3S/c20-13-6-8-15(9-7-13)23-17(25)12-16(18(26)27)21-10-11-22-19(28)24-14-4-2-1-3-5-14/h1-9,16,21H,10-12H2,(H,23,25)(H,26,27)(H2,22,24,28)/t16-/m0/s1. The van der Waals surface area contributed by atoms with Crippen LogP contribution in [-0.2, 0) is 9.59 Å². The molecule has 0 aliphatic heterocycles. The van der Waals surface area contributed by atoms with Gasteiger partial charge in [0.1, 0.15) is 11.9 Å². The van der Waals surface area contributed by atoms with Crippen LogP contribution in [0, 0.1) is 5.82 Å². The third-order valence-electron chi connectivity index (χ3n) is 3.65. The third-order valence-corrected chi connectivity index (χ3v) is 3.89. The number of anilines is 2. The number of nitrogens with one attached hydrogen (secondary N) is 4. The summed E-state index contributed by atoms with van der Waals surface area (Å²) in [5, 5.41) is 21.0. The number of rotatable bonds is 9. The highest BCUT2D eigenvalue weighted by molar-refractivity contribution is 7.80. The molecule has 1 amide bonds. The van der Waals surface area contributed by atoms with Crippen molar-refractivity contribution >= 4 is 40.6 Å². The predicted molar refractivity (Wildman–Crippen MR) is 110 cm³/mol. The van der Waals surface area contributed by atoms with Crippen molar-refractivity contribution in [3.63, 3.8) is 0 Å². The number of carbonyl (C=O) groups excluding carboxylic acids is 1. The zero-order valence-corrected chi connectivity index (χ0v) is 15.8. The van der Waals surface area contributed by atoms with Crippen molar-refractivity contribution in [2.45, 2.75) is 12.5 Å². The summed E-state index contributed by atoms with van der Waals surface area (Å²) in [6.07, 6.45) is -0.264. The van der Waals surface area contributed by atoms with E-state index in [1.807, 2.05) is 30.3 Å². The largest absolute Gasteiger partial charge is 0.480 e. The molecule has 2 aromatic carbocycles. The van der Waals surface area contributed by atoms with Crippen LogP contribution in [0.25, 0.3) is 0 Å². The fourth-order valence-electron chi connectivity index (χ4n) is 2.30. The number of hydrogen-bond acceptors (Lipinski definition) is 4. The summed E-state index contributed by atoms with van der Waals surface area (Å²) in [6, 6.07) is 13.5. The second-order valence-electron chi connectivity index (χ2n) is 5.85. The fraction of sp³-hybridized carbons (Fsp3) is 0.211. The lowest BCUT2D eigenvalue weighted by atomic mass is 10.2. The van der Waals surface area contributed by atoms with Crippen LogP contribution in [0.3, 0.4) is 0 Å². The molecule has 0 saturated carbocycles. The number of hydrogen-bond donors (Lipinski definition) is 5. The maximum atomic E-state index is 12.9. The van der Waals surface area contributed by atoms with Crippen molar-refractivity contribution in [3.05, 3.63) is 60.4 Å². The van der Waals surface area contributed by atoms with Gasteiger partial charge in [-0.25, -0.2) is 4.39 Å². The molecular weight excluding hydrogens is 383 g/mol. The lowest BCUT2D eigenvalue weighted by Crippen LogP contribution is -2.43. The summed E-state index contributed by atoms with van der Waals surface area (Å²) in [5.41, 5.74) is 1.24. The minimum Gasteiger partial charge on any atom is -0.480 e. The zero-order chi connectivity index (χ0) is 20.4. The van der Waals surface area contributed by atoms with E-state index in [0.29, 0.717) is 17.3 Å². The van der Waals surface area contributed by atoms with E-state index in [1.54, 1.807) is 0 Å². The first kappa shape index (κ1) is 21.3. The molecule has 0 unspecified atom stereocenters. The Labute approximate surface area is 167 Å². The minimum atomic E-state index is -1.14. The normalized spacial score (nSPS) is 11.3. The van der Waals surface area contributed by atoms with Gasteiger partial charge in [0, 0.05) is 24.5 Å². The molecule has 0 saturated heterocycles. The SMILES string of the molecule is O=C(C[C@H](NCCNC(=S)Nc1ccccc1)C(=O)O)Nc1ccc(F)cc1. The molecule has 0 aliphatic rings. The predicted octanol–water partition coefficient (Wildman–Crippen LogP) is 2.18. The molecule has 0 fully saturated rings. The second-order valence-corrected chi connectivity index (χ2v) is 6.26. The summed E-state index contributed by atoms with van der Waals surface area (Å²) < 4.78 is 12.9. The molecule has 9 heteroatoms. The Bertz CT molecular complexity index is 803. The minimum absolute atomic E-state index is 0.264. The highest BCUT2D eigenvalue weighted by Gasteiger charge is 2.20. The molecule has 0 heterocycles. The Balaban J connectivity index is 1.71. The summed E-state index contributed by atoms with van der Waals surface area (Å²) in [6.45, 7) is 0.666. The molecule has 7 nitrogen and oxygen atoms in total. The Morgan fingerprint density at radius 3 is 2.25 bits per heavy atom. The molecule has 2 rings (SSSR count). The Morgan fingerprint density at radius 2 is 1.61 bits per heavy atom. The molecule has 28 heavy (non-hydrogen) atoms. The molecule has 0 radical (unpaired) electrons. The van der Waals surface area contributed by atoms with Gasteiger partial charge in [-0.05, 0) is 48.6 Å². The topological polar surface area (TPSA) is 102 Å². The van der Waals surface area contributed by atoms with E-state index in [-0.39, 0.29) is 13.0 Å². The zero-order valence-electron chi connectivity index (χ0n) is 14.9. The van der Waals surface area contributed by atoms with Crippen molar-refractivity contribution in [3.8, 4) is 0 Å². The first-order chi connectivity index (χ1) is 13.4. The van der Waals surface area contributed by atoms with Crippen molar-refractivity contribution in [1.82, 2.24) is 10.6 Å². The van der Waals surface area contributed by atoms with Crippen LogP contribution >= 0.6 is 12.2 Å². The molecule has 148 valence electrons. The number of thiocarbonyl (C=S) groups is 1. The molecule has 5 N–H and O–H groups in total. The highest BCUT2D eigenvalue weighted by atomic mass is 32.1. The highest BCUT2D eigenvalue weighted by Crippen LogP contribution is 2.09. The maximum absolute atomic E-state index is 12.9. The van der Waals surface area contributed by atoms with Gasteiger partial charge in [-0.15, -0.1) is 0 Å². The third kappa shape index (κ3) is 7.68. The molecule has 0 spiro atoms. The average Bonchev–Trinajstić information content (AvgIpc) is 2.66. The van der Waals surface area contributed by atoms with Crippen LogP contribution in [0.4, 0.5) is 15.8 Å². The number of para-hydroxylation sites is 1. The molecule has 0 aliphatic carbocycles. The van der Waals surface area contributed by atoms with E-state index in [0.717, 1.165) is 5.69 Å². The summed E-state index contributed by atoms with van der Waals surface area (Å²) in [4.78, 5) is 23.4. The first-order valence-electron chi connectivity index (χ1n) is 8.55. The first-order valence-corrected chi connectivity index (χ1v) is 8.96. The lowest BCUT2D eigenvalue weighted by molar-refractivity contribution is -0.141. The van der Waals surface area contributed by atoms with Crippen LogP contribution in [0.2, 0.25) is 0 Å². The quantitative estimate of drug-likeness (QED) is 0.322. The average molecular weight is 404 g/mol. The Morgan fingerprint density at radius 1 is 0.964 bits per heavy atom. The van der Waals surface area contributed by atoms with Crippen LogP contribution < -0.4 is 21.3 Å². The van der Waals surface area contributed by atoms with Crippen molar-refractivity contribution in [1.29, 1.82) is 0 Å². The van der Waals surface area contributed by atoms with E-state index < -0.39 is 23.7 Å². The van der Waals surface area contributed by atoms with Crippen molar-refractivity contribution in [2.24, 2.45) is 0 Å². The summed E-state index contributed by atoms with van der Waals surface area (Å²) >= 11 is 5.16. The van der Waals surface area contributed by atoms with Gasteiger partial charge >= 0.3 is 5.97 Å². The van der Waals surface area contributed by atoms with Gasteiger partial charge in [0.2, 0.25) is 5.91 Å². The summed E-state index contributed by atoms with van der Waals surface area (Å²) in [7, 11) is 0. The Kier molecular flexibility index (Phi) is 8.32. The van der Waals surface area contributed by atoms with Gasteiger partial charge in [0.25, 0.3) is 0 Å². The number of halogens is 1. The van der Waals surface area contributed by atoms with E-state index in [9.17, 15) is 19.1 Å². The van der Waals surface area contributed by atoms with E-state index in [2.05, 4.69) is 21.3 Å². The monoisotopic (exact) mass is 404 g/mol. The number of carboxylic acid groups (broad SMARTS) is 1. The molecule has 1 atom stereocenters. The number of carbonyl (C=O) groups is 2. The molecule has 0 bridgehead atoms. The lowest BCUT2D eigenvalue weighted by Gasteiger charge is -2.15. The molecule has 0 aromatic heterocycles. The van der Waals surface area contributed by atoms with Crippen LogP contribution in [0.15, 0.2) is 54.6 Å². The number of aliphatic carboxylic acids is 1. The van der Waals surface area contributed by atoms with Crippen LogP contribution in [0.5, 0.6) is 0 Å². The fourth-order valence-corrected chi connectivity index (χ4v) is 2.52. The van der Waals surface area contributed by atoms with Gasteiger partial charge in [0.05, 0.1) is 6.42 Å². The van der Waals surface area contributed by atoms with Crippen molar-refractivity contribution < 1.29 is 19.1 Å². The number of carboxylic acids is 1. The van der Waals surface area contributed by atoms with E-state index in [4.69, 9.17) is 12.2 Å². The second kappa shape index (κ2) is 11.0. The van der Waals surface area contributed by atoms with Gasteiger partial charge in [-0.2, -0.15) is 0 Å².